The number of hydrogen-bond acceptors (Lipinski definition) is 3. The van der Waals surface area contributed by atoms with Crippen LogP contribution in [-0.4, -0.2) is 40.1 Å². The predicted octanol–water partition coefficient (Wildman–Crippen LogP) is 5.30. The molecular formula is C26H28FN3O2. The zero-order chi connectivity index (χ0) is 22.2. The minimum atomic E-state index is -0.0294. The summed E-state index contributed by atoms with van der Waals surface area (Å²) in [6.07, 6.45) is 12.1. The summed E-state index contributed by atoms with van der Waals surface area (Å²) in [5, 5.41) is 0. The molecule has 6 heteroatoms. The van der Waals surface area contributed by atoms with E-state index >= 15 is 0 Å². The lowest BCUT2D eigenvalue weighted by molar-refractivity contribution is -0.130. The van der Waals surface area contributed by atoms with Crippen LogP contribution in [-0.2, 0) is 4.79 Å². The quantitative estimate of drug-likeness (QED) is 0.615. The summed E-state index contributed by atoms with van der Waals surface area (Å²) in [5.74, 6) is 0.815. The molecule has 1 atom stereocenters. The molecule has 1 aromatic heterocycles. The van der Waals surface area contributed by atoms with Gasteiger partial charge in [-0.15, -0.1) is 0 Å². The molecule has 2 heterocycles. The lowest BCUT2D eigenvalue weighted by Crippen LogP contribution is -2.43. The number of nitrogens with zero attached hydrogens (tertiary/aromatic N) is 3. The van der Waals surface area contributed by atoms with Crippen LogP contribution < -0.4 is 4.74 Å². The number of hydrogen-bond donors (Lipinski definition) is 0. The molecule has 2 aliphatic carbocycles. The number of imidazole rings is 1. The first kappa shape index (κ1) is 20.7. The van der Waals surface area contributed by atoms with Gasteiger partial charge >= 0.3 is 0 Å². The van der Waals surface area contributed by atoms with Crippen molar-refractivity contribution < 1.29 is 13.9 Å². The Morgan fingerprint density at radius 2 is 2.09 bits per heavy atom. The van der Waals surface area contributed by atoms with E-state index in [0.717, 1.165) is 72.5 Å². The smallest absolute Gasteiger partial charge is 0.250 e. The van der Waals surface area contributed by atoms with Gasteiger partial charge in [-0.05, 0) is 74.4 Å². The largest absolute Gasteiger partial charge is 0.495 e. The van der Waals surface area contributed by atoms with Crippen LogP contribution >= 0.6 is 0 Å². The molecule has 5 rings (SSSR count). The Kier molecular flexibility index (Phi) is 5.45. The fraction of sp³-hybridized carbons (Fsp3) is 0.385. The van der Waals surface area contributed by atoms with E-state index in [2.05, 4.69) is 4.98 Å². The van der Waals surface area contributed by atoms with Crippen molar-refractivity contribution >= 4 is 12.0 Å². The highest BCUT2D eigenvalue weighted by Crippen LogP contribution is 2.40. The number of halogens is 1. The fourth-order valence-corrected chi connectivity index (χ4v) is 5.13. The first-order chi connectivity index (χ1) is 15.5. The van der Waals surface area contributed by atoms with Gasteiger partial charge in [0.05, 0.1) is 24.8 Å². The van der Waals surface area contributed by atoms with E-state index in [-0.39, 0.29) is 17.8 Å². The summed E-state index contributed by atoms with van der Waals surface area (Å²) < 4.78 is 21.2. The molecule has 0 spiro atoms. The summed E-state index contributed by atoms with van der Waals surface area (Å²) >= 11 is 0. The maximum absolute atomic E-state index is 13.7. The van der Waals surface area contributed by atoms with E-state index in [1.807, 2.05) is 46.9 Å². The molecule has 3 aliphatic rings. The Hall–Kier alpha value is -3.15. The standard InChI is InChI=1S/C26H28FN3O2/c1-17-15-29(16-28-17)24-8-5-18(11-25(24)32-2)10-20-4-3-9-30(26(20)31)23-13-19-6-7-22(27)12-21(19)14-23/h5,8,10-12,15-16,23H,3-4,6-7,9,13-14H2,1-2H3/b20-10+/t23-/m1/s1. The second kappa shape index (κ2) is 8.41. The maximum atomic E-state index is 13.7. The van der Waals surface area contributed by atoms with Gasteiger partial charge in [0.15, 0.2) is 0 Å². The third-order valence-electron chi connectivity index (χ3n) is 6.74. The van der Waals surface area contributed by atoms with Gasteiger partial charge in [0.1, 0.15) is 11.6 Å². The van der Waals surface area contributed by atoms with Gasteiger partial charge in [-0.2, -0.15) is 0 Å². The van der Waals surface area contributed by atoms with Crippen LogP contribution in [0.1, 0.15) is 49.8 Å². The third-order valence-corrected chi connectivity index (χ3v) is 6.74. The van der Waals surface area contributed by atoms with E-state index in [0.29, 0.717) is 6.42 Å². The number of piperidine rings is 1. The molecule has 0 N–H and O–H groups in total. The van der Waals surface area contributed by atoms with E-state index in [9.17, 15) is 9.18 Å². The highest BCUT2D eigenvalue weighted by Gasteiger charge is 2.35. The van der Waals surface area contributed by atoms with Crippen molar-refractivity contribution in [1.29, 1.82) is 0 Å². The van der Waals surface area contributed by atoms with Gasteiger partial charge in [0.25, 0.3) is 0 Å². The number of carbonyl (C=O) groups is 1. The Morgan fingerprint density at radius 3 is 2.88 bits per heavy atom. The number of aromatic nitrogens is 2. The summed E-state index contributed by atoms with van der Waals surface area (Å²) in [5.41, 5.74) is 6.06. The average Bonchev–Trinajstić information content (AvgIpc) is 3.40. The minimum Gasteiger partial charge on any atom is -0.495 e. The number of amides is 1. The first-order valence-electron chi connectivity index (χ1n) is 11.3. The topological polar surface area (TPSA) is 47.4 Å². The predicted molar refractivity (Wildman–Crippen MR) is 122 cm³/mol. The highest BCUT2D eigenvalue weighted by atomic mass is 19.1. The van der Waals surface area contributed by atoms with Crippen molar-refractivity contribution in [1.82, 2.24) is 14.5 Å². The van der Waals surface area contributed by atoms with E-state index < -0.39 is 0 Å². The van der Waals surface area contributed by atoms with Crippen LogP contribution in [0.3, 0.4) is 0 Å². The van der Waals surface area contributed by atoms with Crippen LogP contribution in [0.15, 0.2) is 59.3 Å². The number of rotatable bonds is 4. The molecule has 1 amide bonds. The highest BCUT2D eigenvalue weighted by molar-refractivity contribution is 5.98. The third kappa shape index (κ3) is 3.90. The fourth-order valence-electron chi connectivity index (χ4n) is 5.13. The molecular weight excluding hydrogens is 405 g/mol. The lowest BCUT2D eigenvalue weighted by atomic mass is 9.98. The van der Waals surface area contributed by atoms with Crippen LogP contribution in [0, 0.1) is 6.92 Å². The Morgan fingerprint density at radius 1 is 1.22 bits per heavy atom. The molecule has 0 bridgehead atoms. The van der Waals surface area contributed by atoms with Crippen molar-refractivity contribution in [2.45, 2.75) is 51.5 Å². The van der Waals surface area contributed by atoms with Gasteiger partial charge in [-0.25, -0.2) is 9.37 Å². The van der Waals surface area contributed by atoms with Crippen molar-refractivity contribution in [3.63, 3.8) is 0 Å². The second-order valence-electron chi connectivity index (χ2n) is 8.91. The maximum Gasteiger partial charge on any atom is 0.250 e. The van der Waals surface area contributed by atoms with Crippen LogP contribution in [0.4, 0.5) is 4.39 Å². The Labute approximate surface area is 187 Å². The van der Waals surface area contributed by atoms with Crippen LogP contribution in [0.25, 0.3) is 11.8 Å². The van der Waals surface area contributed by atoms with Crippen molar-refractivity contribution in [3.05, 3.63) is 70.6 Å². The minimum absolute atomic E-state index is 0.0294. The molecule has 0 unspecified atom stereocenters. The number of allylic oxidation sites excluding steroid dienone is 2. The SMILES string of the molecule is COc1cc(/C=C2\CCCN([C@H]3CC4=C(CCC(F)=C4)C3)C2=O)ccc1-n1cnc(C)c1. The molecule has 166 valence electrons. The zero-order valence-corrected chi connectivity index (χ0v) is 18.6. The molecule has 1 aromatic carbocycles. The van der Waals surface area contributed by atoms with Crippen molar-refractivity contribution in [2.75, 3.05) is 13.7 Å². The van der Waals surface area contributed by atoms with Crippen molar-refractivity contribution in [2.24, 2.45) is 0 Å². The second-order valence-corrected chi connectivity index (χ2v) is 8.91. The molecule has 0 radical (unpaired) electrons. The first-order valence-corrected chi connectivity index (χ1v) is 11.3. The average molecular weight is 434 g/mol. The number of ether oxygens (including phenoxy) is 1. The number of likely N-dealkylation sites (tertiary alicyclic amines) is 1. The molecule has 5 nitrogen and oxygen atoms in total. The molecule has 1 saturated heterocycles. The summed E-state index contributed by atoms with van der Waals surface area (Å²) in [7, 11) is 1.65. The Bertz CT molecular complexity index is 1160. The van der Waals surface area contributed by atoms with Gasteiger partial charge in [0, 0.05) is 30.8 Å². The van der Waals surface area contributed by atoms with Gasteiger partial charge in [-0.1, -0.05) is 11.6 Å². The molecule has 1 aliphatic heterocycles. The molecule has 1 fully saturated rings. The summed E-state index contributed by atoms with van der Waals surface area (Å²) in [6.45, 7) is 2.72. The van der Waals surface area contributed by atoms with Gasteiger partial charge in [0.2, 0.25) is 5.91 Å². The van der Waals surface area contributed by atoms with E-state index in [4.69, 9.17) is 4.74 Å². The van der Waals surface area contributed by atoms with Gasteiger partial charge < -0.3 is 14.2 Å². The number of benzene rings is 1. The number of carbonyl (C=O) groups excluding carboxylic acids is 1. The van der Waals surface area contributed by atoms with Crippen LogP contribution in [0.2, 0.25) is 0 Å². The molecule has 2 aromatic rings. The van der Waals surface area contributed by atoms with Crippen LogP contribution in [0.5, 0.6) is 5.75 Å². The zero-order valence-electron chi connectivity index (χ0n) is 18.6. The summed E-state index contributed by atoms with van der Waals surface area (Å²) in [4.78, 5) is 19.6. The Balaban J connectivity index is 1.36. The molecule has 32 heavy (non-hydrogen) atoms. The van der Waals surface area contributed by atoms with E-state index in [1.165, 1.54) is 5.57 Å². The summed E-state index contributed by atoms with van der Waals surface area (Å²) in [6, 6.07) is 6.12. The normalized spacial score (nSPS) is 22.4. The molecule has 0 saturated carbocycles. The number of aryl methyl sites for hydroxylation is 1. The number of methoxy groups -OCH3 is 1. The lowest BCUT2D eigenvalue weighted by Gasteiger charge is -2.34. The monoisotopic (exact) mass is 433 g/mol. The van der Waals surface area contributed by atoms with Crippen molar-refractivity contribution in [3.8, 4) is 11.4 Å². The van der Waals surface area contributed by atoms with E-state index in [1.54, 1.807) is 19.5 Å². The van der Waals surface area contributed by atoms with Gasteiger partial charge in [-0.3, -0.25) is 4.79 Å².